The summed E-state index contributed by atoms with van der Waals surface area (Å²) in [4.78, 5) is 0. The van der Waals surface area contributed by atoms with Gasteiger partial charge in [-0.3, -0.25) is 0 Å². The molecule has 1 aromatic rings. The summed E-state index contributed by atoms with van der Waals surface area (Å²) in [5.41, 5.74) is 1.53. The van der Waals surface area contributed by atoms with Crippen LogP contribution < -0.4 is 0 Å². The maximum atomic E-state index is 2.99. The van der Waals surface area contributed by atoms with Crippen molar-refractivity contribution in [3.8, 4) is 0 Å². The molecular formula is C25H29NZr. The van der Waals surface area contributed by atoms with Gasteiger partial charge in [0, 0.05) is 0 Å². The molecule has 1 unspecified atom stereocenters. The molecule has 0 saturated heterocycles. The number of rotatable bonds is 4. The van der Waals surface area contributed by atoms with Gasteiger partial charge < -0.3 is 0 Å². The fourth-order valence-corrected chi connectivity index (χ4v) is 20.4. The first kappa shape index (κ1) is 17.7. The Kier molecular flexibility index (Phi) is 4.95. The molecule has 2 heteroatoms. The van der Waals surface area contributed by atoms with E-state index in [1.54, 1.807) is 6.56 Å². The second-order valence-corrected chi connectivity index (χ2v) is 18.1. The predicted octanol–water partition coefficient (Wildman–Crippen LogP) is 6.65. The van der Waals surface area contributed by atoms with Crippen molar-refractivity contribution in [2.75, 3.05) is 0 Å². The van der Waals surface area contributed by atoms with Gasteiger partial charge in [-0.1, -0.05) is 0 Å². The van der Waals surface area contributed by atoms with Gasteiger partial charge in [0.15, 0.2) is 0 Å². The molecule has 1 saturated carbocycles. The molecular weight excluding hydrogens is 406 g/mol. The van der Waals surface area contributed by atoms with E-state index in [1.165, 1.54) is 50.5 Å². The maximum absolute atomic E-state index is 3.06. The molecule has 0 amide bonds. The Morgan fingerprint density at radius 1 is 0.815 bits per heavy atom. The summed E-state index contributed by atoms with van der Waals surface area (Å²) in [6, 6.07) is 12.1. The van der Waals surface area contributed by atoms with Gasteiger partial charge in [-0.05, 0) is 0 Å². The predicted molar refractivity (Wildman–Crippen MR) is 111 cm³/mol. The van der Waals surface area contributed by atoms with Crippen LogP contribution in [0.4, 0.5) is 0 Å². The van der Waals surface area contributed by atoms with E-state index in [0.717, 1.165) is 6.04 Å². The van der Waals surface area contributed by atoms with Crippen molar-refractivity contribution in [1.82, 2.24) is 2.84 Å². The molecule has 5 rings (SSSR count). The van der Waals surface area contributed by atoms with Crippen molar-refractivity contribution in [3.05, 3.63) is 91.2 Å². The monoisotopic (exact) mass is 433 g/mol. The number of benzene rings is 1. The van der Waals surface area contributed by atoms with Gasteiger partial charge >= 0.3 is 169 Å². The van der Waals surface area contributed by atoms with Gasteiger partial charge in [-0.2, -0.15) is 0 Å². The topological polar surface area (TPSA) is 3.24 Å². The van der Waals surface area contributed by atoms with E-state index >= 15 is 0 Å². The summed E-state index contributed by atoms with van der Waals surface area (Å²) in [5, 5.41) is 0. The molecule has 3 aliphatic carbocycles. The van der Waals surface area contributed by atoms with Crippen molar-refractivity contribution in [2.24, 2.45) is 0 Å². The van der Waals surface area contributed by atoms with Crippen LogP contribution in [0.2, 0.25) is 0 Å². The van der Waals surface area contributed by atoms with Gasteiger partial charge in [0.2, 0.25) is 0 Å². The van der Waals surface area contributed by atoms with Crippen molar-refractivity contribution < 1.29 is 20.6 Å². The van der Waals surface area contributed by atoms with Gasteiger partial charge in [-0.25, -0.2) is 0 Å². The fraction of sp³-hybridized carbons (Fsp3) is 0.360. The molecule has 1 fully saturated rings. The third-order valence-corrected chi connectivity index (χ3v) is 20.4. The molecule has 0 bridgehead atoms. The molecule has 1 nitrogen and oxygen atoms in total. The van der Waals surface area contributed by atoms with E-state index in [2.05, 4.69) is 81.9 Å². The molecule has 1 atom stereocenters. The third kappa shape index (κ3) is 2.92. The summed E-state index contributed by atoms with van der Waals surface area (Å²) >= 11 is -3.06. The van der Waals surface area contributed by atoms with E-state index in [9.17, 15) is 0 Å². The van der Waals surface area contributed by atoms with Crippen LogP contribution in [0, 0.1) is 0 Å². The molecule has 0 aromatic heterocycles. The first-order chi connectivity index (χ1) is 13.4. The Hall–Kier alpha value is -1.40. The van der Waals surface area contributed by atoms with E-state index in [4.69, 9.17) is 0 Å². The Bertz CT molecular complexity index is 806. The molecule has 1 heterocycles. The average molecular weight is 435 g/mol. The molecule has 1 aromatic carbocycles. The summed E-state index contributed by atoms with van der Waals surface area (Å²) in [5.74, 6) is 0. The molecule has 0 spiro atoms. The van der Waals surface area contributed by atoms with Crippen molar-refractivity contribution in [2.45, 2.75) is 54.6 Å². The molecule has 0 N–H and O–H groups in total. The second kappa shape index (κ2) is 7.55. The van der Waals surface area contributed by atoms with Crippen molar-refractivity contribution in [3.63, 3.8) is 0 Å². The standard InChI is InChI=1S/C15H19N.2C5H5.Zr/c1-3-8-14(9-4-1)10-7-13-16-15-11-5-2-6-12-15;2*1-2-4-5-3-1;/h1,3-4,7-10,13,15H,2,5-6,11-12H2;2*1-3H,4H2;/q-1;;;+1. The zero-order valence-corrected chi connectivity index (χ0v) is 18.5. The van der Waals surface area contributed by atoms with Crippen LogP contribution in [0.1, 0.15) is 54.1 Å². The van der Waals surface area contributed by atoms with E-state index in [-0.39, 0.29) is 0 Å². The van der Waals surface area contributed by atoms with E-state index < -0.39 is 20.6 Å². The first-order valence-corrected chi connectivity index (χ1v) is 15.6. The van der Waals surface area contributed by atoms with Crippen LogP contribution in [0.15, 0.2) is 85.6 Å². The number of allylic oxidation sites excluding steroid dienone is 9. The average Bonchev–Trinajstić information content (AvgIpc) is 3.49. The summed E-state index contributed by atoms with van der Waals surface area (Å²) < 4.78 is 7.15. The van der Waals surface area contributed by atoms with Crippen LogP contribution in [0.3, 0.4) is 0 Å². The Morgan fingerprint density at radius 2 is 1.48 bits per heavy atom. The van der Waals surface area contributed by atoms with Crippen LogP contribution >= 0.6 is 0 Å². The Balaban J connectivity index is 1.66. The SMILES string of the molecule is C1=CC[C]([Zr]2([C]3=CC=CC3)[CH](c3ccccc3)C=C[N]2C2CCCCC2)=C1. The van der Waals surface area contributed by atoms with E-state index in [0.29, 0.717) is 3.63 Å². The quantitative estimate of drug-likeness (QED) is 0.513. The molecule has 1 aliphatic heterocycles. The second-order valence-electron chi connectivity index (χ2n) is 8.34. The Morgan fingerprint density at radius 3 is 2.07 bits per heavy atom. The Labute approximate surface area is 168 Å². The minimum atomic E-state index is -3.06. The van der Waals surface area contributed by atoms with Crippen LogP contribution in [-0.4, -0.2) is 8.89 Å². The minimum absolute atomic E-state index is 0.597. The molecule has 138 valence electrons. The third-order valence-electron chi connectivity index (χ3n) is 6.94. The summed E-state index contributed by atoms with van der Waals surface area (Å²) in [6.07, 6.45) is 28.8. The zero-order chi connectivity index (χ0) is 18.1. The normalized spacial score (nSPS) is 26.7. The first-order valence-electron chi connectivity index (χ1n) is 10.6. The van der Waals surface area contributed by atoms with Gasteiger partial charge in [0.05, 0.1) is 0 Å². The van der Waals surface area contributed by atoms with Gasteiger partial charge in [0.25, 0.3) is 0 Å². The molecule has 4 aliphatic rings. The summed E-state index contributed by atoms with van der Waals surface area (Å²) in [6.45, 7) is 0. The molecule has 27 heavy (non-hydrogen) atoms. The van der Waals surface area contributed by atoms with Crippen LogP contribution in [0.25, 0.3) is 0 Å². The number of nitrogens with zero attached hydrogens (tertiary/aromatic N) is 1. The number of hydrogen-bond donors (Lipinski definition) is 0. The number of hydrogen-bond acceptors (Lipinski definition) is 1. The van der Waals surface area contributed by atoms with Crippen LogP contribution in [0.5, 0.6) is 0 Å². The van der Waals surface area contributed by atoms with Gasteiger partial charge in [-0.15, -0.1) is 0 Å². The molecule has 0 radical (unpaired) electrons. The zero-order valence-electron chi connectivity index (χ0n) is 16.1. The summed E-state index contributed by atoms with van der Waals surface area (Å²) in [7, 11) is 0. The van der Waals surface area contributed by atoms with E-state index in [1.807, 2.05) is 0 Å². The fourth-order valence-electron chi connectivity index (χ4n) is 5.77. The van der Waals surface area contributed by atoms with Crippen molar-refractivity contribution >= 4 is 0 Å². The van der Waals surface area contributed by atoms with Gasteiger partial charge in [0.1, 0.15) is 0 Å². The van der Waals surface area contributed by atoms with Crippen LogP contribution in [-0.2, 0) is 20.6 Å². The van der Waals surface area contributed by atoms with Crippen molar-refractivity contribution in [1.29, 1.82) is 0 Å².